The van der Waals surface area contributed by atoms with Crippen molar-refractivity contribution < 1.29 is 18.7 Å². The van der Waals surface area contributed by atoms with E-state index in [1.165, 1.54) is 0 Å². The topological polar surface area (TPSA) is 85.5 Å². The first-order valence-electron chi connectivity index (χ1n) is 8.24. The zero-order valence-electron chi connectivity index (χ0n) is 14.9. The molecular formula is C19H21N3O4. The molecule has 1 unspecified atom stereocenters. The van der Waals surface area contributed by atoms with Crippen LogP contribution >= 0.6 is 0 Å². The summed E-state index contributed by atoms with van der Waals surface area (Å²) in [6.07, 6.45) is 1.54. The van der Waals surface area contributed by atoms with Gasteiger partial charge in [-0.2, -0.15) is 0 Å². The van der Waals surface area contributed by atoms with E-state index in [-0.39, 0.29) is 18.4 Å². The lowest BCUT2D eigenvalue weighted by atomic mass is 10.2. The van der Waals surface area contributed by atoms with Gasteiger partial charge in [0.25, 0.3) is 5.91 Å². The maximum Gasteiger partial charge on any atom is 0.268 e. The number of amides is 2. The van der Waals surface area contributed by atoms with Gasteiger partial charge in [-0.1, -0.05) is 0 Å². The zero-order chi connectivity index (χ0) is 18.7. The first-order chi connectivity index (χ1) is 12.5. The molecule has 1 atom stereocenters. The van der Waals surface area contributed by atoms with Gasteiger partial charge in [-0.25, -0.2) is 0 Å². The molecular weight excluding hydrogens is 334 g/mol. The maximum absolute atomic E-state index is 12.6. The molecule has 1 aromatic carbocycles. The van der Waals surface area contributed by atoms with Crippen LogP contribution in [0.5, 0.6) is 5.75 Å². The van der Waals surface area contributed by atoms with E-state index in [4.69, 9.17) is 9.15 Å². The Morgan fingerprint density at radius 1 is 1.27 bits per heavy atom. The van der Waals surface area contributed by atoms with E-state index >= 15 is 0 Å². The molecule has 136 valence electrons. The molecule has 7 heteroatoms. The van der Waals surface area contributed by atoms with Crippen LogP contribution in [-0.4, -0.2) is 29.5 Å². The van der Waals surface area contributed by atoms with Gasteiger partial charge in [0.15, 0.2) is 0 Å². The number of furan rings is 1. The molecule has 0 aliphatic carbocycles. The third-order valence-electron chi connectivity index (χ3n) is 4.24. The highest BCUT2D eigenvalue weighted by Gasteiger charge is 2.19. The third kappa shape index (κ3) is 3.56. The van der Waals surface area contributed by atoms with Crippen LogP contribution in [0.2, 0.25) is 0 Å². The van der Waals surface area contributed by atoms with Gasteiger partial charge in [0, 0.05) is 18.0 Å². The van der Waals surface area contributed by atoms with Gasteiger partial charge in [-0.3, -0.25) is 9.59 Å². The van der Waals surface area contributed by atoms with Gasteiger partial charge in [-0.15, -0.1) is 0 Å². The SMILES string of the molecule is COc1ccc2c(c1)cc(C(=O)NC(C)C(=O)NCc1ccco1)n2C. The Kier molecular flexibility index (Phi) is 4.97. The van der Waals surface area contributed by atoms with Gasteiger partial charge in [0.05, 0.1) is 19.9 Å². The summed E-state index contributed by atoms with van der Waals surface area (Å²) in [7, 11) is 3.41. The number of aromatic nitrogens is 1. The van der Waals surface area contributed by atoms with E-state index in [1.807, 2.05) is 25.2 Å². The number of ether oxygens (including phenoxy) is 1. The molecule has 3 aromatic rings. The largest absolute Gasteiger partial charge is 0.497 e. The van der Waals surface area contributed by atoms with Crippen LogP contribution in [0.1, 0.15) is 23.2 Å². The fourth-order valence-electron chi connectivity index (χ4n) is 2.75. The molecule has 0 aliphatic rings. The molecule has 26 heavy (non-hydrogen) atoms. The highest BCUT2D eigenvalue weighted by Crippen LogP contribution is 2.23. The normalized spacial score (nSPS) is 12.0. The van der Waals surface area contributed by atoms with Gasteiger partial charge in [-0.05, 0) is 43.3 Å². The van der Waals surface area contributed by atoms with Crippen molar-refractivity contribution in [2.45, 2.75) is 19.5 Å². The fourth-order valence-corrected chi connectivity index (χ4v) is 2.75. The lowest BCUT2D eigenvalue weighted by Crippen LogP contribution is -2.44. The van der Waals surface area contributed by atoms with Crippen LogP contribution in [0.3, 0.4) is 0 Å². The molecule has 0 saturated carbocycles. The molecule has 2 aromatic heterocycles. The van der Waals surface area contributed by atoms with Crippen LogP contribution < -0.4 is 15.4 Å². The van der Waals surface area contributed by atoms with Gasteiger partial charge in [0.2, 0.25) is 5.91 Å². The molecule has 0 aliphatic heterocycles. The number of hydrogen-bond acceptors (Lipinski definition) is 4. The zero-order valence-corrected chi connectivity index (χ0v) is 14.9. The van der Waals surface area contributed by atoms with E-state index in [0.717, 1.165) is 16.7 Å². The highest BCUT2D eigenvalue weighted by molar-refractivity contribution is 6.00. The van der Waals surface area contributed by atoms with E-state index < -0.39 is 6.04 Å². The quantitative estimate of drug-likeness (QED) is 0.710. The average Bonchev–Trinajstić information content (AvgIpc) is 3.27. The van der Waals surface area contributed by atoms with Crippen molar-refractivity contribution in [3.63, 3.8) is 0 Å². The number of aryl methyl sites for hydroxylation is 1. The second-order valence-electron chi connectivity index (χ2n) is 6.01. The summed E-state index contributed by atoms with van der Waals surface area (Å²) in [5.41, 5.74) is 1.38. The minimum absolute atomic E-state index is 0.278. The number of carbonyl (C=O) groups is 2. The monoisotopic (exact) mass is 355 g/mol. The Morgan fingerprint density at radius 3 is 2.77 bits per heavy atom. The summed E-state index contributed by atoms with van der Waals surface area (Å²) in [6, 6.07) is 10.2. The minimum atomic E-state index is -0.676. The molecule has 0 bridgehead atoms. The molecule has 0 fully saturated rings. The standard InChI is InChI=1S/C19H21N3O4/c1-12(18(23)20-11-15-5-4-8-26-15)21-19(24)17-10-13-9-14(25-3)6-7-16(13)22(17)2/h4-10,12H,11H2,1-3H3,(H,20,23)(H,21,24). The lowest BCUT2D eigenvalue weighted by molar-refractivity contribution is -0.122. The van der Waals surface area contributed by atoms with Gasteiger partial charge in [0.1, 0.15) is 23.2 Å². The van der Waals surface area contributed by atoms with Crippen molar-refractivity contribution in [1.29, 1.82) is 0 Å². The van der Waals surface area contributed by atoms with Crippen LogP contribution in [0.15, 0.2) is 47.1 Å². The Labute approximate surface area is 150 Å². The minimum Gasteiger partial charge on any atom is -0.497 e. The van der Waals surface area contributed by atoms with E-state index in [0.29, 0.717) is 11.5 Å². The maximum atomic E-state index is 12.6. The number of nitrogens with one attached hydrogen (secondary N) is 2. The highest BCUT2D eigenvalue weighted by atomic mass is 16.5. The van der Waals surface area contributed by atoms with Crippen molar-refractivity contribution in [2.24, 2.45) is 7.05 Å². The second-order valence-corrected chi connectivity index (χ2v) is 6.01. The summed E-state index contributed by atoms with van der Waals surface area (Å²) in [5, 5.41) is 6.35. The molecule has 2 amide bonds. The molecule has 0 radical (unpaired) electrons. The van der Waals surface area contributed by atoms with Crippen molar-refractivity contribution >= 4 is 22.7 Å². The molecule has 3 rings (SSSR count). The first-order valence-corrected chi connectivity index (χ1v) is 8.24. The van der Waals surface area contributed by atoms with E-state index in [9.17, 15) is 9.59 Å². The van der Waals surface area contributed by atoms with Gasteiger partial charge >= 0.3 is 0 Å². The molecule has 2 N–H and O–H groups in total. The van der Waals surface area contributed by atoms with Crippen molar-refractivity contribution in [3.05, 3.63) is 54.1 Å². The van der Waals surface area contributed by atoms with Crippen molar-refractivity contribution in [2.75, 3.05) is 7.11 Å². The lowest BCUT2D eigenvalue weighted by Gasteiger charge is -2.14. The summed E-state index contributed by atoms with van der Waals surface area (Å²) in [4.78, 5) is 24.7. The van der Waals surface area contributed by atoms with E-state index in [1.54, 1.807) is 43.1 Å². The number of carbonyl (C=O) groups excluding carboxylic acids is 2. The molecule has 0 spiro atoms. The Hall–Kier alpha value is -3.22. The Balaban J connectivity index is 1.67. The number of benzene rings is 1. The Bertz CT molecular complexity index is 928. The fraction of sp³-hybridized carbons (Fsp3) is 0.263. The molecule has 2 heterocycles. The summed E-state index contributed by atoms with van der Waals surface area (Å²) in [5.74, 6) is 0.777. The summed E-state index contributed by atoms with van der Waals surface area (Å²) < 4.78 is 12.2. The van der Waals surface area contributed by atoms with Gasteiger partial charge < -0.3 is 24.4 Å². The summed E-state index contributed by atoms with van der Waals surface area (Å²) in [6.45, 7) is 1.92. The van der Waals surface area contributed by atoms with Crippen molar-refractivity contribution in [3.8, 4) is 5.75 Å². The molecule has 7 nitrogen and oxygen atoms in total. The number of fused-ring (bicyclic) bond motifs is 1. The number of rotatable bonds is 6. The average molecular weight is 355 g/mol. The van der Waals surface area contributed by atoms with Crippen LogP contribution in [0, 0.1) is 0 Å². The third-order valence-corrected chi connectivity index (χ3v) is 4.24. The second kappa shape index (κ2) is 7.35. The van der Waals surface area contributed by atoms with E-state index in [2.05, 4.69) is 10.6 Å². The predicted molar refractivity (Wildman–Crippen MR) is 97.0 cm³/mol. The number of nitrogens with zero attached hydrogens (tertiary/aromatic N) is 1. The van der Waals surface area contributed by atoms with Crippen LogP contribution in [0.4, 0.5) is 0 Å². The number of methoxy groups -OCH3 is 1. The number of hydrogen-bond donors (Lipinski definition) is 2. The van der Waals surface area contributed by atoms with Crippen molar-refractivity contribution in [1.82, 2.24) is 15.2 Å². The van der Waals surface area contributed by atoms with Crippen LogP contribution in [0.25, 0.3) is 10.9 Å². The first kappa shape index (κ1) is 17.6. The molecule has 0 saturated heterocycles. The smallest absolute Gasteiger partial charge is 0.268 e. The van der Waals surface area contributed by atoms with Crippen LogP contribution in [-0.2, 0) is 18.4 Å². The summed E-state index contributed by atoms with van der Waals surface area (Å²) >= 11 is 0. The Morgan fingerprint density at radius 2 is 2.08 bits per heavy atom. The predicted octanol–water partition coefficient (Wildman–Crippen LogP) is 2.21.